The monoisotopic (exact) mass is 253 g/mol. The molecule has 84 valence electrons. The van der Waals surface area contributed by atoms with E-state index in [0.29, 0.717) is 5.82 Å². The van der Waals surface area contributed by atoms with Gasteiger partial charge < -0.3 is 10.6 Å². The average molecular weight is 254 g/mol. The minimum Gasteiger partial charge on any atom is -0.384 e. The summed E-state index contributed by atoms with van der Waals surface area (Å²) in [7, 11) is 2.02. The number of thiophene rings is 1. The summed E-state index contributed by atoms with van der Waals surface area (Å²) in [5.41, 5.74) is 6.69. The normalized spacial score (nSPS) is 10.4. The molecular weight excluding hydrogens is 242 g/mol. The Labute approximate surface area is 103 Å². The second-order valence-corrected chi connectivity index (χ2v) is 5.30. The molecule has 0 aliphatic carbocycles. The van der Waals surface area contributed by atoms with Gasteiger partial charge in [0.25, 0.3) is 0 Å². The third-order valence-electron chi connectivity index (χ3n) is 2.23. The van der Waals surface area contributed by atoms with Gasteiger partial charge in [-0.25, -0.2) is 4.98 Å². The number of rotatable bonds is 3. The van der Waals surface area contributed by atoms with Crippen LogP contribution in [0, 0.1) is 0 Å². The first-order chi connectivity index (χ1) is 7.65. The lowest BCUT2D eigenvalue weighted by molar-refractivity contribution is 0.938. The number of halogens is 1. The number of nitrogens with two attached hydrogens (primary N) is 1. The summed E-state index contributed by atoms with van der Waals surface area (Å²) >= 11 is 7.48. The Balaban J connectivity index is 2.11. The molecule has 2 heterocycles. The smallest absolute Gasteiger partial charge is 0.125 e. The molecule has 2 aromatic heterocycles. The molecule has 0 unspecified atom stereocenters. The molecule has 0 amide bonds. The second-order valence-electron chi connectivity index (χ2n) is 3.50. The largest absolute Gasteiger partial charge is 0.384 e. The van der Waals surface area contributed by atoms with Crippen LogP contribution in [-0.2, 0) is 6.54 Å². The minimum absolute atomic E-state index is 0.536. The SMILES string of the molecule is CN(Cc1ccc(Cl)s1)c1ccnc(N)c1. The zero-order valence-electron chi connectivity index (χ0n) is 8.85. The fourth-order valence-electron chi connectivity index (χ4n) is 1.44. The number of nitrogens with zero attached hydrogens (tertiary/aromatic N) is 2. The van der Waals surface area contributed by atoms with Gasteiger partial charge in [-0.3, -0.25) is 0 Å². The molecule has 16 heavy (non-hydrogen) atoms. The van der Waals surface area contributed by atoms with Crippen molar-refractivity contribution >= 4 is 34.4 Å². The third kappa shape index (κ3) is 2.65. The van der Waals surface area contributed by atoms with Crippen LogP contribution in [0.15, 0.2) is 30.5 Å². The summed E-state index contributed by atoms with van der Waals surface area (Å²) in [6.45, 7) is 0.820. The lowest BCUT2D eigenvalue weighted by Crippen LogP contribution is -2.15. The molecular formula is C11H12ClN3S. The summed E-state index contributed by atoms with van der Waals surface area (Å²) < 4.78 is 0.817. The van der Waals surface area contributed by atoms with Gasteiger partial charge in [0.15, 0.2) is 0 Å². The fraction of sp³-hybridized carbons (Fsp3) is 0.182. The van der Waals surface area contributed by atoms with Gasteiger partial charge in [-0.2, -0.15) is 0 Å². The first kappa shape index (κ1) is 11.2. The molecule has 3 nitrogen and oxygen atoms in total. The van der Waals surface area contributed by atoms with Crippen molar-refractivity contribution in [2.45, 2.75) is 6.54 Å². The van der Waals surface area contributed by atoms with Gasteiger partial charge in [0, 0.05) is 29.9 Å². The Morgan fingerprint density at radius 1 is 1.44 bits per heavy atom. The molecule has 2 N–H and O–H groups in total. The van der Waals surface area contributed by atoms with Crippen molar-refractivity contribution in [3.63, 3.8) is 0 Å². The van der Waals surface area contributed by atoms with Crippen LogP contribution in [0.4, 0.5) is 11.5 Å². The number of pyridine rings is 1. The average Bonchev–Trinajstić information content (AvgIpc) is 2.64. The number of hydrogen-bond donors (Lipinski definition) is 1. The highest BCUT2D eigenvalue weighted by molar-refractivity contribution is 7.16. The van der Waals surface area contributed by atoms with Crippen molar-refractivity contribution in [3.05, 3.63) is 39.7 Å². The molecule has 0 atom stereocenters. The zero-order valence-corrected chi connectivity index (χ0v) is 10.4. The topological polar surface area (TPSA) is 42.2 Å². The van der Waals surface area contributed by atoms with Crippen molar-refractivity contribution in [2.75, 3.05) is 17.7 Å². The molecule has 0 saturated heterocycles. The Hall–Kier alpha value is -1.26. The van der Waals surface area contributed by atoms with Crippen LogP contribution in [0.3, 0.4) is 0 Å². The molecule has 0 aromatic carbocycles. The fourth-order valence-corrected chi connectivity index (χ4v) is 2.58. The van der Waals surface area contributed by atoms with E-state index in [4.69, 9.17) is 17.3 Å². The van der Waals surface area contributed by atoms with E-state index in [2.05, 4.69) is 9.88 Å². The predicted octanol–water partition coefficient (Wildman–Crippen LogP) is 3.02. The lowest BCUT2D eigenvalue weighted by atomic mass is 10.3. The van der Waals surface area contributed by atoms with Crippen LogP contribution in [-0.4, -0.2) is 12.0 Å². The summed E-state index contributed by atoms with van der Waals surface area (Å²) in [6.07, 6.45) is 1.71. The summed E-state index contributed by atoms with van der Waals surface area (Å²) in [5.74, 6) is 0.536. The molecule has 0 spiro atoms. The maximum atomic E-state index is 5.89. The summed E-state index contributed by atoms with van der Waals surface area (Å²) in [6, 6.07) is 7.74. The maximum absolute atomic E-state index is 5.89. The maximum Gasteiger partial charge on any atom is 0.125 e. The van der Waals surface area contributed by atoms with E-state index in [1.54, 1.807) is 17.5 Å². The molecule has 0 aliphatic heterocycles. The van der Waals surface area contributed by atoms with E-state index in [1.807, 2.05) is 31.3 Å². The van der Waals surface area contributed by atoms with E-state index < -0.39 is 0 Å². The van der Waals surface area contributed by atoms with Gasteiger partial charge >= 0.3 is 0 Å². The predicted molar refractivity (Wildman–Crippen MR) is 70.1 cm³/mol. The van der Waals surface area contributed by atoms with Crippen molar-refractivity contribution in [1.82, 2.24) is 4.98 Å². The van der Waals surface area contributed by atoms with Crippen molar-refractivity contribution in [2.24, 2.45) is 0 Å². The minimum atomic E-state index is 0.536. The van der Waals surface area contributed by atoms with Gasteiger partial charge in [-0.15, -0.1) is 11.3 Å². The van der Waals surface area contributed by atoms with E-state index in [1.165, 1.54) is 4.88 Å². The highest BCUT2D eigenvalue weighted by atomic mass is 35.5. The standard InChI is InChI=1S/C11H12ClN3S/c1-15(7-9-2-3-10(12)16-9)8-4-5-14-11(13)6-8/h2-6H,7H2,1H3,(H2,13,14). The van der Waals surface area contributed by atoms with E-state index >= 15 is 0 Å². The second kappa shape index (κ2) is 4.72. The van der Waals surface area contributed by atoms with Crippen LogP contribution >= 0.6 is 22.9 Å². The van der Waals surface area contributed by atoms with Crippen molar-refractivity contribution in [3.8, 4) is 0 Å². The molecule has 2 rings (SSSR count). The quantitative estimate of drug-likeness (QED) is 0.914. The van der Waals surface area contributed by atoms with Gasteiger partial charge in [0.05, 0.1) is 10.9 Å². The number of nitrogen functional groups attached to an aromatic ring is 1. The Kier molecular flexibility index (Phi) is 3.31. The molecule has 5 heteroatoms. The van der Waals surface area contributed by atoms with Crippen LogP contribution < -0.4 is 10.6 Å². The molecule has 0 aliphatic rings. The van der Waals surface area contributed by atoms with Crippen LogP contribution in [0.25, 0.3) is 0 Å². The Bertz CT molecular complexity index is 484. The molecule has 0 radical (unpaired) electrons. The summed E-state index contributed by atoms with van der Waals surface area (Å²) in [4.78, 5) is 7.30. The summed E-state index contributed by atoms with van der Waals surface area (Å²) in [5, 5.41) is 0. The van der Waals surface area contributed by atoms with Crippen LogP contribution in [0.2, 0.25) is 4.34 Å². The highest BCUT2D eigenvalue weighted by Crippen LogP contribution is 2.24. The van der Waals surface area contributed by atoms with E-state index in [0.717, 1.165) is 16.6 Å². The van der Waals surface area contributed by atoms with Crippen molar-refractivity contribution < 1.29 is 0 Å². The number of aromatic nitrogens is 1. The number of hydrogen-bond acceptors (Lipinski definition) is 4. The third-order valence-corrected chi connectivity index (χ3v) is 3.44. The van der Waals surface area contributed by atoms with Gasteiger partial charge in [0.2, 0.25) is 0 Å². The van der Waals surface area contributed by atoms with Gasteiger partial charge in [-0.05, 0) is 18.2 Å². The molecule has 0 fully saturated rings. The first-order valence-corrected chi connectivity index (χ1v) is 6.01. The van der Waals surface area contributed by atoms with Gasteiger partial charge in [-0.1, -0.05) is 11.6 Å². The Morgan fingerprint density at radius 3 is 2.88 bits per heavy atom. The number of anilines is 2. The van der Waals surface area contributed by atoms with Crippen LogP contribution in [0.1, 0.15) is 4.88 Å². The molecule has 2 aromatic rings. The molecule has 0 saturated carbocycles. The lowest BCUT2D eigenvalue weighted by Gasteiger charge is -2.18. The first-order valence-electron chi connectivity index (χ1n) is 4.82. The zero-order chi connectivity index (χ0) is 11.5. The van der Waals surface area contributed by atoms with E-state index in [-0.39, 0.29) is 0 Å². The van der Waals surface area contributed by atoms with E-state index in [9.17, 15) is 0 Å². The van der Waals surface area contributed by atoms with Gasteiger partial charge in [0.1, 0.15) is 5.82 Å². The highest BCUT2D eigenvalue weighted by Gasteiger charge is 2.04. The Morgan fingerprint density at radius 2 is 2.25 bits per heavy atom. The molecule has 0 bridgehead atoms. The van der Waals surface area contributed by atoms with Crippen molar-refractivity contribution in [1.29, 1.82) is 0 Å². The van der Waals surface area contributed by atoms with Crippen LogP contribution in [0.5, 0.6) is 0 Å².